The van der Waals surface area contributed by atoms with E-state index < -0.39 is 11.9 Å². The molecule has 5 nitrogen and oxygen atoms in total. The number of carboxylic acids is 1. The Kier molecular flexibility index (Phi) is 4.08. The molecule has 0 saturated heterocycles. The van der Waals surface area contributed by atoms with Crippen molar-refractivity contribution in [1.82, 2.24) is 0 Å². The molecule has 0 radical (unpaired) electrons. The minimum Gasteiger partial charge on any atom is -0.545 e. The molecule has 0 bridgehead atoms. The van der Waals surface area contributed by atoms with Crippen molar-refractivity contribution in [3.63, 3.8) is 0 Å². The Morgan fingerprint density at radius 2 is 1.82 bits per heavy atom. The number of carbonyl (C=O) groups is 2. The monoisotopic (exact) mass is 300 g/mol. The molecule has 0 aliphatic heterocycles. The summed E-state index contributed by atoms with van der Waals surface area (Å²) in [6, 6.07) is 7.90. The molecule has 0 aliphatic rings. The number of amides is 1. The van der Waals surface area contributed by atoms with Crippen LogP contribution in [0.2, 0.25) is 0 Å². The molecule has 0 saturated carbocycles. The fourth-order valence-electron chi connectivity index (χ4n) is 2.03. The molecule has 2 rings (SSSR count). The summed E-state index contributed by atoms with van der Waals surface area (Å²) in [7, 11) is 0. The number of hydrogen-bond donors (Lipinski definition) is 1. The highest BCUT2D eigenvalue weighted by Gasteiger charge is 2.23. The van der Waals surface area contributed by atoms with E-state index in [9.17, 15) is 14.7 Å². The molecule has 1 amide bonds. The minimum absolute atomic E-state index is 0.0731. The van der Waals surface area contributed by atoms with Gasteiger partial charge in [0.15, 0.2) is 5.76 Å². The highest BCUT2D eigenvalue weighted by Crippen LogP contribution is 2.27. The first-order chi connectivity index (χ1) is 10.2. The predicted molar refractivity (Wildman–Crippen MR) is 80.9 cm³/mol. The fourth-order valence-corrected chi connectivity index (χ4v) is 2.03. The zero-order valence-electron chi connectivity index (χ0n) is 13.0. The van der Waals surface area contributed by atoms with E-state index in [4.69, 9.17) is 4.42 Å². The summed E-state index contributed by atoms with van der Waals surface area (Å²) in [5, 5.41) is 13.6. The molecular weight excluding hydrogens is 282 g/mol. The average Bonchev–Trinajstić information content (AvgIpc) is 2.81. The topological polar surface area (TPSA) is 82.4 Å². The lowest BCUT2D eigenvalue weighted by Gasteiger charge is -2.14. The Morgan fingerprint density at radius 1 is 1.18 bits per heavy atom. The largest absolute Gasteiger partial charge is 0.545 e. The van der Waals surface area contributed by atoms with Crippen molar-refractivity contribution in [2.45, 2.75) is 33.1 Å². The second kappa shape index (κ2) is 5.67. The van der Waals surface area contributed by atoms with E-state index in [1.54, 1.807) is 19.1 Å². The Labute approximate surface area is 129 Å². The number of furan rings is 1. The number of anilines is 1. The summed E-state index contributed by atoms with van der Waals surface area (Å²) in [4.78, 5) is 23.4. The Balaban J connectivity index is 2.31. The van der Waals surface area contributed by atoms with Crippen molar-refractivity contribution in [2.75, 3.05) is 5.32 Å². The SMILES string of the molecule is Cc1cc(C(C)(C)C)oc1C(=O)Nc1ccccc1C(=O)[O-]. The first-order valence-corrected chi connectivity index (χ1v) is 6.93. The Hall–Kier alpha value is -2.56. The highest BCUT2D eigenvalue weighted by molar-refractivity contribution is 6.06. The van der Waals surface area contributed by atoms with Crippen LogP contribution in [0, 0.1) is 6.92 Å². The van der Waals surface area contributed by atoms with E-state index in [0.717, 1.165) is 0 Å². The third-order valence-electron chi connectivity index (χ3n) is 3.26. The molecule has 1 N–H and O–H groups in total. The molecule has 1 heterocycles. The molecule has 0 atom stereocenters. The third kappa shape index (κ3) is 3.19. The second-order valence-electron chi connectivity index (χ2n) is 6.16. The summed E-state index contributed by atoms with van der Waals surface area (Å²) >= 11 is 0. The molecule has 1 aromatic heterocycles. The maximum Gasteiger partial charge on any atom is 0.291 e. The van der Waals surface area contributed by atoms with Gasteiger partial charge < -0.3 is 19.6 Å². The first kappa shape index (κ1) is 15.8. The summed E-state index contributed by atoms with van der Waals surface area (Å²) < 4.78 is 5.64. The molecular formula is C17H18NO4-. The van der Waals surface area contributed by atoms with Crippen LogP contribution < -0.4 is 10.4 Å². The number of para-hydroxylation sites is 1. The zero-order valence-corrected chi connectivity index (χ0v) is 13.0. The summed E-state index contributed by atoms with van der Waals surface area (Å²) in [6.07, 6.45) is 0. The van der Waals surface area contributed by atoms with Gasteiger partial charge in [-0.15, -0.1) is 0 Å². The Bertz CT molecular complexity index is 723. The standard InChI is InChI=1S/C17H19NO4/c1-10-9-13(17(2,3)4)22-14(10)15(19)18-12-8-6-5-7-11(12)16(20)21/h5-9H,1-4H3,(H,18,19)(H,20,21)/p-1. The van der Waals surface area contributed by atoms with Gasteiger partial charge in [-0.2, -0.15) is 0 Å². The number of benzene rings is 1. The van der Waals surface area contributed by atoms with Gasteiger partial charge in [0.2, 0.25) is 0 Å². The predicted octanol–water partition coefficient (Wildman–Crippen LogP) is 2.50. The van der Waals surface area contributed by atoms with Crippen LogP contribution in [0.25, 0.3) is 0 Å². The maximum absolute atomic E-state index is 12.3. The van der Waals surface area contributed by atoms with Crippen molar-refractivity contribution < 1.29 is 19.1 Å². The lowest BCUT2D eigenvalue weighted by molar-refractivity contribution is -0.254. The van der Waals surface area contributed by atoms with E-state index in [1.165, 1.54) is 12.1 Å². The highest BCUT2D eigenvalue weighted by atomic mass is 16.4. The Morgan fingerprint density at radius 3 is 2.36 bits per heavy atom. The number of nitrogens with one attached hydrogen (secondary N) is 1. The molecule has 116 valence electrons. The van der Waals surface area contributed by atoms with Crippen LogP contribution in [-0.2, 0) is 5.41 Å². The van der Waals surface area contributed by atoms with Crippen molar-refractivity contribution in [2.24, 2.45) is 0 Å². The number of rotatable bonds is 3. The van der Waals surface area contributed by atoms with Crippen LogP contribution in [0.3, 0.4) is 0 Å². The smallest absolute Gasteiger partial charge is 0.291 e. The fraction of sp³-hybridized carbons (Fsp3) is 0.294. The van der Waals surface area contributed by atoms with Crippen LogP contribution in [0.15, 0.2) is 34.7 Å². The van der Waals surface area contributed by atoms with Gasteiger partial charge in [-0.3, -0.25) is 4.79 Å². The van der Waals surface area contributed by atoms with Gasteiger partial charge in [-0.25, -0.2) is 0 Å². The molecule has 0 fully saturated rings. The number of aromatic carboxylic acids is 1. The molecule has 0 unspecified atom stereocenters. The molecule has 1 aromatic carbocycles. The normalized spacial score (nSPS) is 11.3. The summed E-state index contributed by atoms with van der Waals surface area (Å²) in [5.41, 5.74) is 0.594. The van der Waals surface area contributed by atoms with E-state index >= 15 is 0 Å². The molecule has 0 spiro atoms. The first-order valence-electron chi connectivity index (χ1n) is 6.93. The third-order valence-corrected chi connectivity index (χ3v) is 3.26. The lowest BCUT2D eigenvalue weighted by atomic mass is 9.93. The second-order valence-corrected chi connectivity index (χ2v) is 6.16. The lowest BCUT2D eigenvalue weighted by Crippen LogP contribution is -2.24. The van der Waals surface area contributed by atoms with Crippen LogP contribution in [-0.4, -0.2) is 11.9 Å². The average molecular weight is 300 g/mol. The molecule has 2 aromatic rings. The van der Waals surface area contributed by atoms with Gasteiger partial charge in [0.1, 0.15) is 5.76 Å². The van der Waals surface area contributed by atoms with Crippen LogP contribution in [0.4, 0.5) is 5.69 Å². The van der Waals surface area contributed by atoms with Gasteiger partial charge in [0, 0.05) is 16.5 Å². The number of carboxylic acid groups (broad SMARTS) is 1. The van der Waals surface area contributed by atoms with Gasteiger partial charge in [-0.05, 0) is 19.1 Å². The molecule has 22 heavy (non-hydrogen) atoms. The van der Waals surface area contributed by atoms with Crippen molar-refractivity contribution in [3.8, 4) is 0 Å². The van der Waals surface area contributed by atoms with E-state index in [-0.39, 0.29) is 22.4 Å². The summed E-state index contributed by atoms with van der Waals surface area (Å²) in [5.74, 6) is -0.953. The van der Waals surface area contributed by atoms with E-state index in [1.807, 2.05) is 26.8 Å². The van der Waals surface area contributed by atoms with Gasteiger partial charge in [-0.1, -0.05) is 39.0 Å². The van der Waals surface area contributed by atoms with Crippen LogP contribution >= 0.6 is 0 Å². The van der Waals surface area contributed by atoms with Crippen LogP contribution in [0.1, 0.15) is 53.0 Å². The van der Waals surface area contributed by atoms with Gasteiger partial charge >= 0.3 is 0 Å². The number of carbonyl (C=O) groups excluding carboxylic acids is 2. The maximum atomic E-state index is 12.3. The van der Waals surface area contributed by atoms with Crippen molar-refractivity contribution in [3.05, 3.63) is 53.0 Å². The van der Waals surface area contributed by atoms with E-state index in [0.29, 0.717) is 11.3 Å². The van der Waals surface area contributed by atoms with Gasteiger partial charge in [0.25, 0.3) is 5.91 Å². The minimum atomic E-state index is -1.34. The van der Waals surface area contributed by atoms with Crippen molar-refractivity contribution >= 4 is 17.6 Å². The van der Waals surface area contributed by atoms with E-state index in [2.05, 4.69) is 5.32 Å². The number of hydrogen-bond acceptors (Lipinski definition) is 4. The zero-order chi connectivity index (χ0) is 16.5. The quantitative estimate of drug-likeness (QED) is 0.944. The van der Waals surface area contributed by atoms with Crippen molar-refractivity contribution in [1.29, 1.82) is 0 Å². The summed E-state index contributed by atoms with van der Waals surface area (Å²) in [6.45, 7) is 7.73. The van der Waals surface area contributed by atoms with Crippen LogP contribution in [0.5, 0.6) is 0 Å². The molecule has 0 aliphatic carbocycles. The molecule has 5 heteroatoms. The van der Waals surface area contributed by atoms with Gasteiger partial charge in [0.05, 0.1) is 11.7 Å². The number of aryl methyl sites for hydroxylation is 1.